The van der Waals surface area contributed by atoms with E-state index in [1.54, 1.807) is 11.3 Å². The molecule has 0 saturated heterocycles. The van der Waals surface area contributed by atoms with Crippen molar-refractivity contribution in [2.24, 2.45) is 5.41 Å². The summed E-state index contributed by atoms with van der Waals surface area (Å²) in [5.74, 6) is 0. The van der Waals surface area contributed by atoms with Crippen molar-refractivity contribution in [2.75, 3.05) is 13.2 Å². The van der Waals surface area contributed by atoms with Crippen LogP contribution in [0.2, 0.25) is 0 Å². The van der Waals surface area contributed by atoms with E-state index in [1.165, 1.54) is 0 Å². The molecule has 0 fully saturated rings. The van der Waals surface area contributed by atoms with Gasteiger partial charge in [-0.1, -0.05) is 6.92 Å². The van der Waals surface area contributed by atoms with Gasteiger partial charge >= 0.3 is 6.09 Å². The lowest BCUT2D eigenvalue weighted by Crippen LogP contribution is -2.43. The number of aromatic nitrogens is 2. The monoisotopic (exact) mass is 339 g/mol. The van der Waals surface area contributed by atoms with Gasteiger partial charge in [-0.2, -0.15) is 0 Å². The first-order valence-corrected chi connectivity index (χ1v) is 8.64. The molecule has 2 rings (SSSR count). The van der Waals surface area contributed by atoms with E-state index < -0.39 is 17.1 Å². The molecule has 2 aromatic heterocycles. The van der Waals surface area contributed by atoms with Crippen LogP contribution in [0.5, 0.6) is 0 Å². The number of hydrogen-bond acceptors (Lipinski definition) is 5. The smallest absolute Gasteiger partial charge is 0.407 e. The van der Waals surface area contributed by atoms with Gasteiger partial charge in [0.1, 0.15) is 5.60 Å². The van der Waals surface area contributed by atoms with Crippen LogP contribution in [-0.2, 0) is 11.2 Å². The quantitative estimate of drug-likeness (QED) is 0.848. The third-order valence-electron chi connectivity index (χ3n) is 3.79. The van der Waals surface area contributed by atoms with Gasteiger partial charge in [0, 0.05) is 36.2 Å². The number of carbonyl (C=O) groups excluding carboxylic acids is 1. The van der Waals surface area contributed by atoms with Crippen LogP contribution in [0.15, 0.2) is 17.8 Å². The molecule has 0 aromatic carbocycles. The number of nitrogens with zero attached hydrogens (tertiary/aromatic N) is 2. The van der Waals surface area contributed by atoms with Crippen LogP contribution in [0, 0.1) is 5.41 Å². The molecule has 7 heteroatoms. The molecule has 0 radical (unpaired) electrons. The molecule has 0 saturated carbocycles. The van der Waals surface area contributed by atoms with Gasteiger partial charge in [-0.3, -0.25) is 4.40 Å². The Morgan fingerprint density at radius 2 is 2.22 bits per heavy atom. The molecule has 128 valence electrons. The molecule has 0 aliphatic heterocycles. The highest BCUT2D eigenvalue weighted by Gasteiger charge is 2.30. The Morgan fingerprint density at radius 1 is 1.48 bits per heavy atom. The number of aliphatic hydroxyl groups is 1. The number of alkyl carbamates (subject to hydrolysis) is 1. The number of hydrogen-bond donors (Lipinski definition) is 2. The third-order valence-corrected chi connectivity index (χ3v) is 4.56. The second-order valence-corrected chi connectivity index (χ2v) is 7.74. The van der Waals surface area contributed by atoms with Crippen molar-refractivity contribution in [3.8, 4) is 0 Å². The molecule has 0 bridgehead atoms. The Bertz CT molecular complexity index is 624. The van der Waals surface area contributed by atoms with Gasteiger partial charge in [-0.15, -0.1) is 11.3 Å². The minimum Gasteiger partial charge on any atom is -0.444 e. The van der Waals surface area contributed by atoms with E-state index in [0.29, 0.717) is 13.0 Å². The van der Waals surface area contributed by atoms with Gasteiger partial charge in [-0.25, -0.2) is 9.78 Å². The summed E-state index contributed by atoms with van der Waals surface area (Å²) in [5, 5.41) is 14.6. The second kappa shape index (κ2) is 6.88. The van der Waals surface area contributed by atoms with Crippen LogP contribution in [0.4, 0.5) is 4.79 Å². The molecule has 0 spiro atoms. The highest BCUT2D eigenvalue weighted by Crippen LogP contribution is 2.26. The Hall–Kier alpha value is -1.60. The topological polar surface area (TPSA) is 75.9 Å². The lowest BCUT2D eigenvalue weighted by Gasteiger charge is -2.31. The molecule has 2 heterocycles. The first-order valence-electron chi connectivity index (χ1n) is 7.76. The predicted molar refractivity (Wildman–Crippen MR) is 90.8 cm³/mol. The maximum atomic E-state index is 11.9. The molecule has 2 N–H and O–H groups in total. The van der Waals surface area contributed by atoms with Gasteiger partial charge in [0.25, 0.3) is 0 Å². The molecule has 6 nitrogen and oxygen atoms in total. The summed E-state index contributed by atoms with van der Waals surface area (Å²) in [5.41, 5.74) is -0.0633. The van der Waals surface area contributed by atoms with E-state index >= 15 is 0 Å². The fraction of sp³-hybridized carbons (Fsp3) is 0.625. The van der Waals surface area contributed by atoms with Crippen molar-refractivity contribution in [1.82, 2.24) is 14.7 Å². The van der Waals surface area contributed by atoms with Crippen LogP contribution in [0.3, 0.4) is 0 Å². The highest BCUT2D eigenvalue weighted by atomic mass is 32.1. The normalized spacial score (nSPS) is 14.7. The Morgan fingerprint density at radius 3 is 2.78 bits per heavy atom. The zero-order chi connectivity index (χ0) is 17.1. The molecule has 0 aliphatic rings. The number of carbonyl (C=O) groups is 1. The van der Waals surface area contributed by atoms with Crippen molar-refractivity contribution in [1.29, 1.82) is 0 Å². The summed E-state index contributed by atoms with van der Waals surface area (Å²) in [6.45, 7) is 7.80. The number of rotatable bonds is 6. The van der Waals surface area contributed by atoms with Crippen LogP contribution in [0.25, 0.3) is 4.96 Å². The highest BCUT2D eigenvalue weighted by molar-refractivity contribution is 7.15. The van der Waals surface area contributed by atoms with E-state index in [0.717, 1.165) is 17.1 Å². The molecule has 0 aliphatic carbocycles. The van der Waals surface area contributed by atoms with Crippen LogP contribution >= 0.6 is 11.3 Å². The standard InChI is InChI=1S/C16H25N3O3S/c1-5-16(11-20,10-17-14(21)22-15(2,3)4)8-12-9-19-6-7-23-13(19)18-12/h6-7,9,20H,5,8,10-11H2,1-4H3,(H,17,21). The van der Waals surface area contributed by atoms with Crippen LogP contribution < -0.4 is 5.32 Å². The molecule has 23 heavy (non-hydrogen) atoms. The molecular formula is C16H25N3O3S. The lowest BCUT2D eigenvalue weighted by atomic mass is 9.81. The van der Waals surface area contributed by atoms with Crippen molar-refractivity contribution >= 4 is 22.4 Å². The molecule has 2 aromatic rings. The summed E-state index contributed by atoms with van der Waals surface area (Å²) in [4.78, 5) is 17.4. The number of fused-ring (bicyclic) bond motifs is 1. The Balaban J connectivity index is 2.03. The minimum atomic E-state index is -0.535. The van der Waals surface area contributed by atoms with Gasteiger partial charge in [-0.05, 0) is 27.2 Å². The van der Waals surface area contributed by atoms with E-state index in [2.05, 4.69) is 10.3 Å². The number of amides is 1. The minimum absolute atomic E-state index is 0.0233. The first-order chi connectivity index (χ1) is 10.8. The fourth-order valence-corrected chi connectivity index (χ4v) is 3.07. The third kappa shape index (κ3) is 4.68. The summed E-state index contributed by atoms with van der Waals surface area (Å²) in [6.07, 6.45) is 4.80. The van der Waals surface area contributed by atoms with E-state index in [-0.39, 0.29) is 6.61 Å². The predicted octanol–water partition coefficient (Wildman–Crippen LogP) is 2.85. The number of aliphatic hydroxyl groups excluding tert-OH is 1. The molecule has 1 atom stereocenters. The lowest BCUT2D eigenvalue weighted by molar-refractivity contribution is 0.0460. The zero-order valence-electron chi connectivity index (χ0n) is 14.1. The van der Waals surface area contributed by atoms with Crippen molar-refractivity contribution in [3.05, 3.63) is 23.5 Å². The largest absolute Gasteiger partial charge is 0.444 e. The zero-order valence-corrected chi connectivity index (χ0v) is 14.9. The van der Waals surface area contributed by atoms with E-state index in [9.17, 15) is 9.90 Å². The van der Waals surface area contributed by atoms with Crippen molar-refractivity contribution in [2.45, 2.75) is 46.1 Å². The van der Waals surface area contributed by atoms with Gasteiger partial charge in [0.05, 0.1) is 12.3 Å². The SMILES string of the molecule is CCC(CO)(CNC(=O)OC(C)(C)C)Cc1cn2ccsc2n1. The van der Waals surface area contributed by atoms with Crippen molar-refractivity contribution < 1.29 is 14.6 Å². The Labute approximate surface area is 140 Å². The molecule has 1 unspecified atom stereocenters. The summed E-state index contributed by atoms with van der Waals surface area (Å²) in [7, 11) is 0. The average Bonchev–Trinajstić information content (AvgIpc) is 3.02. The van der Waals surface area contributed by atoms with Gasteiger partial charge < -0.3 is 15.2 Å². The summed E-state index contributed by atoms with van der Waals surface area (Å²) >= 11 is 1.57. The molecular weight excluding hydrogens is 314 g/mol. The number of ether oxygens (including phenoxy) is 1. The van der Waals surface area contributed by atoms with Crippen molar-refractivity contribution in [3.63, 3.8) is 0 Å². The Kier molecular flexibility index (Phi) is 5.31. The number of imidazole rings is 1. The first kappa shape index (κ1) is 17.7. The number of thiazole rings is 1. The van der Waals surface area contributed by atoms with Gasteiger partial charge in [0.15, 0.2) is 4.96 Å². The molecule has 1 amide bonds. The van der Waals surface area contributed by atoms with Crippen LogP contribution in [-0.4, -0.2) is 39.3 Å². The van der Waals surface area contributed by atoms with E-state index in [4.69, 9.17) is 4.74 Å². The second-order valence-electron chi connectivity index (χ2n) is 6.87. The summed E-state index contributed by atoms with van der Waals surface area (Å²) in [6, 6.07) is 0. The average molecular weight is 339 g/mol. The maximum absolute atomic E-state index is 11.9. The van der Waals surface area contributed by atoms with Crippen LogP contribution in [0.1, 0.15) is 39.8 Å². The summed E-state index contributed by atoms with van der Waals surface area (Å²) < 4.78 is 7.23. The van der Waals surface area contributed by atoms with Gasteiger partial charge in [0.2, 0.25) is 0 Å². The fourth-order valence-electron chi connectivity index (χ4n) is 2.36. The maximum Gasteiger partial charge on any atom is 0.407 e. The number of nitrogens with one attached hydrogen (secondary N) is 1. The van der Waals surface area contributed by atoms with E-state index in [1.807, 2.05) is 49.9 Å².